The van der Waals surface area contributed by atoms with E-state index in [1.54, 1.807) is 26.4 Å². The molecule has 1 atom stereocenters. The minimum atomic E-state index is -0.282. The van der Waals surface area contributed by atoms with E-state index in [1.807, 2.05) is 0 Å². The van der Waals surface area contributed by atoms with E-state index in [0.717, 1.165) is 21.3 Å². The van der Waals surface area contributed by atoms with E-state index in [9.17, 15) is 4.39 Å². The molecular weight excluding hydrogens is 421 g/mol. The maximum Gasteiger partial charge on any atom is 0.231 e. The Bertz CT molecular complexity index is 900. The lowest BCUT2D eigenvalue weighted by Crippen LogP contribution is -2.13. The molecule has 6 nitrogen and oxygen atoms in total. The number of nitrogens with zero attached hydrogens (tertiary/aromatic N) is 1. The molecule has 2 aromatic rings. The minimum Gasteiger partial charge on any atom is -0.492 e. The first-order chi connectivity index (χ1) is 13.1. The highest BCUT2D eigenvalue weighted by Gasteiger charge is 2.33. The molecule has 8 heteroatoms. The molecule has 0 saturated heterocycles. The molecule has 0 saturated carbocycles. The van der Waals surface area contributed by atoms with Crippen LogP contribution in [0.4, 0.5) is 4.39 Å². The van der Waals surface area contributed by atoms with Crippen LogP contribution in [0.3, 0.4) is 0 Å². The Morgan fingerprint density at radius 2 is 1.81 bits per heavy atom. The zero-order chi connectivity index (χ0) is 19.0. The third-order valence-corrected chi connectivity index (χ3v) is 5.35. The number of fused-ring (bicyclic) bond motifs is 1. The molecule has 0 amide bonds. The van der Waals surface area contributed by atoms with Gasteiger partial charge in [-0.05, 0) is 33.6 Å². The van der Waals surface area contributed by atoms with Gasteiger partial charge >= 0.3 is 0 Å². The average molecular weight is 438 g/mol. The van der Waals surface area contributed by atoms with Crippen molar-refractivity contribution >= 4 is 21.6 Å². The highest BCUT2D eigenvalue weighted by Crippen LogP contribution is 2.54. The first-order valence-corrected chi connectivity index (χ1v) is 9.12. The van der Waals surface area contributed by atoms with Gasteiger partial charge in [-0.15, -0.1) is 0 Å². The van der Waals surface area contributed by atoms with Gasteiger partial charge < -0.3 is 23.8 Å². The number of hydrogen-bond acceptors (Lipinski definition) is 6. The standard InChI is InChI=1S/C19H17BrFNO5/c1-23-16-13(15(20)17-19(18(16)24-2)26-9-25-17)7-12-8-14(22-27-12)10-3-5-11(21)6-4-10/h3-6,12H,7-9H2,1-2H3/t12-/m1/s1. The highest BCUT2D eigenvalue weighted by atomic mass is 79.9. The predicted molar refractivity (Wildman–Crippen MR) is 99.5 cm³/mol. The third kappa shape index (κ3) is 3.18. The van der Waals surface area contributed by atoms with Gasteiger partial charge in [-0.25, -0.2) is 4.39 Å². The Hall–Kier alpha value is -2.48. The summed E-state index contributed by atoms with van der Waals surface area (Å²) in [5, 5.41) is 4.16. The topological polar surface area (TPSA) is 58.5 Å². The molecule has 0 fully saturated rings. The van der Waals surface area contributed by atoms with Gasteiger partial charge in [0.25, 0.3) is 0 Å². The normalized spacial score (nSPS) is 17.5. The molecule has 27 heavy (non-hydrogen) atoms. The Morgan fingerprint density at radius 3 is 2.52 bits per heavy atom. The molecule has 0 spiro atoms. The summed E-state index contributed by atoms with van der Waals surface area (Å²) in [5.74, 6) is 1.87. The average Bonchev–Trinajstić information content (AvgIpc) is 3.34. The predicted octanol–water partition coefficient (Wildman–Crippen LogP) is 4.07. The first kappa shape index (κ1) is 17.9. The van der Waals surface area contributed by atoms with Crippen LogP contribution in [0, 0.1) is 5.82 Å². The second-order valence-electron chi connectivity index (χ2n) is 6.10. The summed E-state index contributed by atoms with van der Waals surface area (Å²) in [6, 6.07) is 6.21. The lowest BCUT2D eigenvalue weighted by molar-refractivity contribution is 0.0852. The van der Waals surface area contributed by atoms with Crippen LogP contribution in [0.2, 0.25) is 0 Å². The van der Waals surface area contributed by atoms with Crippen molar-refractivity contribution in [2.24, 2.45) is 5.16 Å². The number of methoxy groups -OCH3 is 2. The minimum absolute atomic E-state index is 0.120. The van der Waals surface area contributed by atoms with Crippen LogP contribution in [0.25, 0.3) is 0 Å². The van der Waals surface area contributed by atoms with E-state index in [0.29, 0.717) is 35.8 Å². The Kier molecular flexibility index (Phi) is 4.82. The SMILES string of the molecule is COc1c(C[C@@H]2CC(c3ccc(F)cc3)=NO2)c(Br)c2c(c1OC)OCO2. The summed E-state index contributed by atoms with van der Waals surface area (Å²) in [6.45, 7) is 0.120. The summed E-state index contributed by atoms with van der Waals surface area (Å²) < 4.78 is 36.0. The summed E-state index contributed by atoms with van der Waals surface area (Å²) >= 11 is 3.59. The van der Waals surface area contributed by atoms with Crippen molar-refractivity contribution in [3.8, 4) is 23.0 Å². The molecule has 142 valence electrons. The molecule has 2 aliphatic heterocycles. The lowest BCUT2D eigenvalue weighted by Gasteiger charge is -2.18. The number of ether oxygens (including phenoxy) is 4. The number of hydrogen-bond donors (Lipinski definition) is 0. The zero-order valence-electron chi connectivity index (χ0n) is 14.8. The van der Waals surface area contributed by atoms with E-state index in [2.05, 4.69) is 21.1 Å². The number of rotatable bonds is 5. The molecule has 0 aliphatic carbocycles. The van der Waals surface area contributed by atoms with E-state index < -0.39 is 0 Å². The fourth-order valence-electron chi connectivity index (χ4n) is 3.25. The molecule has 0 aromatic heterocycles. The van der Waals surface area contributed by atoms with Crippen LogP contribution in [-0.4, -0.2) is 32.8 Å². The summed E-state index contributed by atoms with van der Waals surface area (Å²) in [5.41, 5.74) is 2.47. The van der Waals surface area contributed by atoms with Crippen molar-refractivity contribution in [1.29, 1.82) is 0 Å². The third-order valence-electron chi connectivity index (χ3n) is 4.51. The van der Waals surface area contributed by atoms with E-state index >= 15 is 0 Å². The lowest BCUT2D eigenvalue weighted by atomic mass is 9.99. The smallest absolute Gasteiger partial charge is 0.231 e. The Balaban J connectivity index is 1.60. The van der Waals surface area contributed by atoms with Crippen molar-refractivity contribution in [2.45, 2.75) is 18.9 Å². The highest BCUT2D eigenvalue weighted by molar-refractivity contribution is 9.10. The molecule has 2 heterocycles. The second kappa shape index (κ2) is 7.26. The van der Waals surface area contributed by atoms with Gasteiger partial charge in [0.2, 0.25) is 18.3 Å². The van der Waals surface area contributed by atoms with Crippen LogP contribution in [0.15, 0.2) is 33.9 Å². The maximum atomic E-state index is 13.1. The Labute approximate surface area is 163 Å². The van der Waals surface area contributed by atoms with Crippen molar-refractivity contribution in [3.05, 3.63) is 45.7 Å². The van der Waals surface area contributed by atoms with E-state index in [4.69, 9.17) is 23.8 Å². The van der Waals surface area contributed by atoms with Gasteiger partial charge in [-0.1, -0.05) is 17.3 Å². The van der Waals surface area contributed by atoms with Crippen LogP contribution < -0.4 is 18.9 Å². The van der Waals surface area contributed by atoms with E-state index in [-0.39, 0.29) is 18.7 Å². The zero-order valence-corrected chi connectivity index (χ0v) is 16.3. The van der Waals surface area contributed by atoms with Crippen molar-refractivity contribution in [1.82, 2.24) is 0 Å². The van der Waals surface area contributed by atoms with Crippen molar-refractivity contribution in [2.75, 3.05) is 21.0 Å². The summed E-state index contributed by atoms with van der Waals surface area (Å²) in [4.78, 5) is 5.61. The molecule has 0 radical (unpaired) electrons. The van der Waals surface area contributed by atoms with Crippen molar-refractivity contribution in [3.63, 3.8) is 0 Å². The molecular formula is C19H17BrFNO5. The Morgan fingerprint density at radius 1 is 1.11 bits per heavy atom. The molecule has 2 aromatic carbocycles. The monoisotopic (exact) mass is 437 g/mol. The molecule has 0 bridgehead atoms. The van der Waals surface area contributed by atoms with Gasteiger partial charge in [0.15, 0.2) is 11.5 Å². The summed E-state index contributed by atoms with van der Waals surface area (Å²) in [6.07, 6.45) is 0.920. The molecule has 0 unspecified atom stereocenters. The van der Waals surface area contributed by atoms with Gasteiger partial charge in [0.05, 0.1) is 24.4 Å². The van der Waals surface area contributed by atoms with Gasteiger partial charge in [0, 0.05) is 18.4 Å². The fourth-order valence-corrected chi connectivity index (χ4v) is 3.89. The van der Waals surface area contributed by atoms with Gasteiger partial charge in [-0.2, -0.15) is 0 Å². The van der Waals surface area contributed by atoms with Gasteiger partial charge in [-0.3, -0.25) is 0 Å². The maximum absolute atomic E-state index is 13.1. The molecule has 0 N–H and O–H groups in total. The van der Waals surface area contributed by atoms with E-state index in [1.165, 1.54) is 12.1 Å². The quantitative estimate of drug-likeness (QED) is 0.705. The number of oxime groups is 1. The number of benzene rings is 2. The van der Waals surface area contributed by atoms with Crippen LogP contribution in [0.1, 0.15) is 17.5 Å². The first-order valence-electron chi connectivity index (χ1n) is 8.33. The largest absolute Gasteiger partial charge is 0.492 e. The van der Waals surface area contributed by atoms with Crippen molar-refractivity contribution < 1.29 is 28.2 Å². The molecule has 2 aliphatic rings. The summed E-state index contributed by atoms with van der Waals surface area (Å²) in [7, 11) is 3.13. The fraction of sp³-hybridized carbons (Fsp3) is 0.316. The van der Waals surface area contributed by atoms with Gasteiger partial charge in [0.1, 0.15) is 11.9 Å². The van der Waals surface area contributed by atoms with Crippen LogP contribution in [-0.2, 0) is 11.3 Å². The molecule has 4 rings (SSSR count). The van der Waals surface area contributed by atoms with Crippen LogP contribution >= 0.6 is 15.9 Å². The van der Waals surface area contributed by atoms with Crippen LogP contribution in [0.5, 0.6) is 23.0 Å². The number of halogens is 2. The second-order valence-corrected chi connectivity index (χ2v) is 6.90.